The maximum absolute atomic E-state index is 12.2. The fourth-order valence-electron chi connectivity index (χ4n) is 2.79. The van der Waals surface area contributed by atoms with E-state index in [0.29, 0.717) is 5.57 Å². The molecule has 16 heavy (non-hydrogen) atoms. The van der Waals surface area contributed by atoms with Crippen LogP contribution < -0.4 is 0 Å². The van der Waals surface area contributed by atoms with E-state index < -0.39 is 6.10 Å². The van der Waals surface area contributed by atoms with Crippen molar-refractivity contribution in [1.29, 1.82) is 0 Å². The third kappa shape index (κ3) is 1.34. The molecule has 1 aromatic carbocycles. The van der Waals surface area contributed by atoms with E-state index in [2.05, 4.69) is 0 Å². The second-order valence-corrected chi connectivity index (χ2v) is 4.59. The zero-order valence-corrected chi connectivity index (χ0v) is 9.07. The largest absolute Gasteiger partial charge is 0.388 e. The van der Waals surface area contributed by atoms with Crippen molar-refractivity contribution in [3.05, 3.63) is 46.5 Å². The average Bonchev–Trinajstić information content (AvgIpc) is 2.29. The molecular formula is C14H14O2. The molecule has 0 spiro atoms. The molecule has 0 amide bonds. The molecule has 1 unspecified atom stereocenters. The summed E-state index contributed by atoms with van der Waals surface area (Å²) in [6.45, 7) is 0. The number of hydrogen-bond acceptors (Lipinski definition) is 2. The van der Waals surface area contributed by atoms with Crippen LogP contribution in [0.5, 0.6) is 0 Å². The standard InChI is InChI=1S/C14H14O2/c15-12-7-3-5-10-8-9-4-1-2-6-11(9)14(16)13(10)12/h1-2,4,6,12,15H,3,5,7-8H2. The van der Waals surface area contributed by atoms with Gasteiger partial charge in [-0.1, -0.05) is 29.8 Å². The van der Waals surface area contributed by atoms with Gasteiger partial charge in [0, 0.05) is 11.1 Å². The number of carbonyl (C=O) groups excluding carboxylic acids is 1. The van der Waals surface area contributed by atoms with Gasteiger partial charge >= 0.3 is 0 Å². The molecule has 1 aromatic rings. The summed E-state index contributed by atoms with van der Waals surface area (Å²) < 4.78 is 0. The highest BCUT2D eigenvalue weighted by Gasteiger charge is 2.31. The molecule has 0 saturated heterocycles. The van der Waals surface area contributed by atoms with Gasteiger partial charge in [0.15, 0.2) is 5.78 Å². The molecule has 2 aliphatic carbocycles. The Kier molecular flexibility index (Phi) is 2.18. The molecular weight excluding hydrogens is 200 g/mol. The average molecular weight is 214 g/mol. The fourth-order valence-corrected chi connectivity index (χ4v) is 2.79. The number of hydrogen-bond donors (Lipinski definition) is 1. The quantitative estimate of drug-likeness (QED) is 0.719. The van der Waals surface area contributed by atoms with E-state index in [4.69, 9.17) is 0 Å². The monoisotopic (exact) mass is 214 g/mol. The fraction of sp³-hybridized carbons (Fsp3) is 0.357. The van der Waals surface area contributed by atoms with Gasteiger partial charge in [-0.15, -0.1) is 0 Å². The maximum Gasteiger partial charge on any atom is 0.191 e. The molecule has 0 fully saturated rings. The first-order valence-electron chi connectivity index (χ1n) is 5.80. The number of Topliss-reactive ketones (excluding diaryl/α,β-unsaturated/α-hetero) is 1. The van der Waals surface area contributed by atoms with Crippen molar-refractivity contribution < 1.29 is 9.90 Å². The third-order valence-electron chi connectivity index (χ3n) is 3.58. The summed E-state index contributed by atoms with van der Waals surface area (Å²) in [5.74, 6) is 0.0454. The Balaban J connectivity index is 2.12. The van der Waals surface area contributed by atoms with Crippen molar-refractivity contribution in [2.24, 2.45) is 0 Å². The number of fused-ring (bicyclic) bond motifs is 1. The number of aliphatic hydroxyl groups excluding tert-OH is 1. The normalized spacial score (nSPS) is 24.1. The van der Waals surface area contributed by atoms with E-state index in [1.165, 1.54) is 0 Å². The smallest absolute Gasteiger partial charge is 0.191 e. The van der Waals surface area contributed by atoms with Crippen LogP contribution in [0.2, 0.25) is 0 Å². The van der Waals surface area contributed by atoms with Gasteiger partial charge in [0.05, 0.1) is 6.10 Å². The van der Waals surface area contributed by atoms with E-state index in [1.54, 1.807) is 0 Å². The topological polar surface area (TPSA) is 37.3 Å². The molecule has 2 nitrogen and oxygen atoms in total. The van der Waals surface area contributed by atoms with Gasteiger partial charge in [0.25, 0.3) is 0 Å². The first-order chi connectivity index (χ1) is 7.77. The Labute approximate surface area is 94.6 Å². The van der Waals surface area contributed by atoms with E-state index >= 15 is 0 Å². The highest BCUT2D eigenvalue weighted by atomic mass is 16.3. The Hall–Kier alpha value is -1.41. The first-order valence-corrected chi connectivity index (χ1v) is 5.80. The number of ketones is 1. The van der Waals surface area contributed by atoms with Gasteiger partial charge in [-0.2, -0.15) is 0 Å². The van der Waals surface area contributed by atoms with Crippen molar-refractivity contribution in [2.45, 2.75) is 31.8 Å². The lowest BCUT2D eigenvalue weighted by atomic mass is 9.77. The van der Waals surface area contributed by atoms with Gasteiger partial charge in [0.2, 0.25) is 0 Å². The lowest BCUT2D eigenvalue weighted by Crippen LogP contribution is -2.28. The molecule has 0 bridgehead atoms. The van der Waals surface area contributed by atoms with E-state index in [1.807, 2.05) is 24.3 Å². The van der Waals surface area contributed by atoms with Crippen LogP contribution in [0.3, 0.4) is 0 Å². The number of benzene rings is 1. The van der Waals surface area contributed by atoms with Gasteiger partial charge in [-0.05, 0) is 31.2 Å². The van der Waals surface area contributed by atoms with Crippen molar-refractivity contribution in [3.8, 4) is 0 Å². The van der Waals surface area contributed by atoms with E-state index in [9.17, 15) is 9.90 Å². The van der Waals surface area contributed by atoms with Crippen molar-refractivity contribution in [2.75, 3.05) is 0 Å². The Morgan fingerprint density at radius 1 is 1.25 bits per heavy atom. The molecule has 0 heterocycles. The van der Waals surface area contributed by atoms with Crippen LogP contribution in [0.4, 0.5) is 0 Å². The molecule has 0 aromatic heterocycles. The molecule has 1 N–H and O–H groups in total. The zero-order valence-electron chi connectivity index (χ0n) is 9.07. The minimum absolute atomic E-state index is 0.0454. The molecule has 1 atom stereocenters. The van der Waals surface area contributed by atoms with Crippen molar-refractivity contribution >= 4 is 5.78 Å². The Morgan fingerprint density at radius 3 is 2.94 bits per heavy atom. The molecule has 82 valence electrons. The van der Waals surface area contributed by atoms with Gasteiger partial charge in [-0.25, -0.2) is 0 Å². The minimum Gasteiger partial charge on any atom is -0.388 e. The Morgan fingerprint density at radius 2 is 2.06 bits per heavy atom. The summed E-state index contributed by atoms with van der Waals surface area (Å²) in [6.07, 6.45) is 2.99. The van der Waals surface area contributed by atoms with E-state index in [-0.39, 0.29) is 5.78 Å². The zero-order chi connectivity index (χ0) is 11.1. The second kappa shape index (κ2) is 3.56. The predicted molar refractivity (Wildman–Crippen MR) is 61.4 cm³/mol. The minimum atomic E-state index is -0.537. The predicted octanol–water partition coefficient (Wildman–Crippen LogP) is 2.27. The summed E-state index contributed by atoms with van der Waals surface area (Å²) in [7, 11) is 0. The molecule has 0 radical (unpaired) electrons. The van der Waals surface area contributed by atoms with Crippen LogP contribution in [0.1, 0.15) is 35.2 Å². The summed E-state index contributed by atoms with van der Waals surface area (Å²) >= 11 is 0. The van der Waals surface area contributed by atoms with Crippen LogP contribution >= 0.6 is 0 Å². The van der Waals surface area contributed by atoms with Crippen LogP contribution in [0.25, 0.3) is 0 Å². The Bertz CT molecular complexity index is 485. The SMILES string of the molecule is O=C1C2=C(CCCC2O)Cc2ccccc21. The summed E-state index contributed by atoms with van der Waals surface area (Å²) in [6, 6.07) is 7.73. The highest BCUT2D eigenvalue weighted by Crippen LogP contribution is 2.35. The van der Waals surface area contributed by atoms with Crippen LogP contribution in [0.15, 0.2) is 35.4 Å². The second-order valence-electron chi connectivity index (χ2n) is 4.59. The number of allylic oxidation sites excluding steroid dienone is 1. The van der Waals surface area contributed by atoms with Gasteiger partial charge < -0.3 is 5.11 Å². The van der Waals surface area contributed by atoms with Crippen molar-refractivity contribution in [3.63, 3.8) is 0 Å². The van der Waals surface area contributed by atoms with Gasteiger partial charge in [-0.3, -0.25) is 4.79 Å². The lowest BCUT2D eigenvalue weighted by molar-refractivity contribution is 0.0965. The first kappa shape index (κ1) is 9.79. The van der Waals surface area contributed by atoms with E-state index in [0.717, 1.165) is 42.4 Å². The van der Waals surface area contributed by atoms with Gasteiger partial charge in [0.1, 0.15) is 0 Å². The number of rotatable bonds is 0. The third-order valence-corrected chi connectivity index (χ3v) is 3.58. The van der Waals surface area contributed by atoms with Crippen LogP contribution in [-0.4, -0.2) is 17.0 Å². The molecule has 2 aliphatic rings. The molecule has 3 rings (SSSR count). The molecule has 0 saturated carbocycles. The lowest BCUT2D eigenvalue weighted by Gasteiger charge is -2.29. The summed E-state index contributed by atoms with van der Waals surface area (Å²) in [4.78, 5) is 12.2. The van der Waals surface area contributed by atoms with Crippen LogP contribution in [-0.2, 0) is 6.42 Å². The van der Waals surface area contributed by atoms with Crippen molar-refractivity contribution in [1.82, 2.24) is 0 Å². The summed E-state index contributed by atoms with van der Waals surface area (Å²) in [5, 5.41) is 9.92. The molecule has 2 heteroatoms. The highest BCUT2D eigenvalue weighted by molar-refractivity contribution is 6.12. The number of carbonyl (C=O) groups is 1. The molecule has 0 aliphatic heterocycles. The maximum atomic E-state index is 12.2. The van der Waals surface area contributed by atoms with Crippen LogP contribution in [0, 0.1) is 0 Å². The summed E-state index contributed by atoms with van der Waals surface area (Å²) in [5.41, 5.74) is 3.73. The number of aliphatic hydroxyl groups is 1.